The maximum absolute atomic E-state index is 12.4. The lowest BCUT2D eigenvalue weighted by atomic mass is 10.2. The lowest BCUT2D eigenvalue weighted by Crippen LogP contribution is -2.30. The van der Waals surface area contributed by atoms with Crippen LogP contribution in [0.25, 0.3) is 5.69 Å². The Labute approximate surface area is 147 Å². The van der Waals surface area contributed by atoms with Gasteiger partial charge in [0.1, 0.15) is 0 Å². The lowest BCUT2D eigenvalue weighted by molar-refractivity contribution is 0.220. The number of aromatic nitrogens is 2. The first-order valence-corrected chi connectivity index (χ1v) is 8.22. The minimum absolute atomic E-state index is 0.144. The molecule has 0 radical (unpaired) electrons. The first kappa shape index (κ1) is 16.8. The van der Waals surface area contributed by atoms with Gasteiger partial charge in [0.2, 0.25) is 0 Å². The highest BCUT2D eigenvalue weighted by Crippen LogP contribution is 2.17. The molecule has 5 nitrogen and oxygen atoms in total. The van der Waals surface area contributed by atoms with Crippen molar-refractivity contribution < 1.29 is 4.79 Å². The summed E-state index contributed by atoms with van der Waals surface area (Å²) in [5.74, 6) is 0. The van der Waals surface area contributed by atoms with Crippen molar-refractivity contribution in [2.75, 3.05) is 12.4 Å². The summed E-state index contributed by atoms with van der Waals surface area (Å²) >= 11 is 0. The second-order valence-electron chi connectivity index (χ2n) is 6.16. The van der Waals surface area contributed by atoms with Crippen molar-refractivity contribution in [2.45, 2.75) is 20.4 Å². The molecule has 1 heterocycles. The van der Waals surface area contributed by atoms with Crippen molar-refractivity contribution in [2.24, 2.45) is 0 Å². The molecule has 2 aromatic carbocycles. The molecule has 3 aromatic rings. The SMILES string of the molecule is Cc1cc(C)n(-c2cccc(NC(=O)N(C)Cc3ccccc3)c2)n1. The number of nitrogens with one attached hydrogen (secondary N) is 1. The van der Waals surface area contributed by atoms with E-state index in [2.05, 4.69) is 10.4 Å². The molecule has 2 amide bonds. The molecule has 0 aliphatic heterocycles. The van der Waals surface area contributed by atoms with Crippen molar-refractivity contribution in [3.8, 4) is 5.69 Å². The second kappa shape index (κ2) is 7.21. The van der Waals surface area contributed by atoms with Crippen LogP contribution in [0.15, 0.2) is 60.7 Å². The molecule has 0 aliphatic carbocycles. The molecule has 128 valence electrons. The van der Waals surface area contributed by atoms with Crippen molar-refractivity contribution in [1.29, 1.82) is 0 Å². The Morgan fingerprint density at radius 2 is 1.84 bits per heavy atom. The number of urea groups is 1. The van der Waals surface area contributed by atoms with Crippen LogP contribution in [0.5, 0.6) is 0 Å². The Bertz CT molecular complexity index is 870. The first-order valence-electron chi connectivity index (χ1n) is 8.22. The van der Waals surface area contributed by atoms with Gasteiger partial charge in [0.05, 0.1) is 11.4 Å². The average Bonchev–Trinajstić information content (AvgIpc) is 2.94. The van der Waals surface area contributed by atoms with Crippen molar-refractivity contribution in [3.05, 3.63) is 77.6 Å². The molecule has 1 N–H and O–H groups in total. The zero-order valence-corrected chi connectivity index (χ0v) is 14.7. The van der Waals surface area contributed by atoms with Crippen LogP contribution in [-0.2, 0) is 6.54 Å². The highest BCUT2D eigenvalue weighted by Gasteiger charge is 2.10. The summed E-state index contributed by atoms with van der Waals surface area (Å²) in [4.78, 5) is 14.1. The third-order valence-corrected chi connectivity index (χ3v) is 3.96. The Hall–Kier alpha value is -3.08. The zero-order valence-electron chi connectivity index (χ0n) is 14.7. The highest BCUT2D eigenvalue weighted by atomic mass is 16.2. The van der Waals surface area contributed by atoms with E-state index in [0.29, 0.717) is 6.54 Å². The van der Waals surface area contributed by atoms with Crippen LogP contribution in [0.2, 0.25) is 0 Å². The number of carbonyl (C=O) groups is 1. The van der Waals surface area contributed by atoms with Gasteiger partial charge in [0, 0.05) is 25.0 Å². The number of hydrogen-bond acceptors (Lipinski definition) is 2. The van der Waals surface area contributed by atoms with Gasteiger partial charge in [-0.25, -0.2) is 9.48 Å². The molecule has 0 atom stereocenters. The Morgan fingerprint density at radius 3 is 2.52 bits per heavy atom. The minimum Gasteiger partial charge on any atom is -0.323 e. The van der Waals surface area contributed by atoms with Crippen LogP contribution in [0.1, 0.15) is 17.0 Å². The number of aryl methyl sites for hydroxylation is 2. The molecule has 1 aromatic heterocycles. The van der Waals surface area contributed by atoms with E-state index in [-0.39, 0.29) is 6.03 Å². The van der Waals surface area contributed by atoms with E-state index in [1.54, 1.807) is 11.9 Å². The predicted molar refractivity (Wildman–Crippen MR) is 100.0 cm³/mol. The smallest absolute Gasteiger partial charge is 0.321 e. The minimum atomic E-state index is -0.144. The largest absolute Gasteiger partial charge is 0.323 e. The van der Waals surface area contributed by atoms with Gasteiger partial charge in [-0.2, -0.15) is 5.10 Å². The Morgan fingerprint density at radius 1 is 1.08 bits per heavy atom. The molecule has 5 heteroatoms. The van der Waals surface area contributed by atoms with Crippen molar-refractivity contribution in [3.63, 3.8) is 0 Å². The fourth-order valence-corrected chi connectivity index (χ4v) is 2.75. The van der Waals surface area contributed by atoms with Gasteiger partial charge in [0.15, 0.2) is 0 Å². The fourth-order valence-electron chi connectivity index (χ4n) is 2.75. The van der Waals surface area contributed by atoms with Gasteiger partial charge < -0.3 is 10.2 Å². The van der Waals surface area contributed by atoms with E-state index >= 15 is 0 Å². The van der Waals surface area contributed by atoms with Crippen molar-refractivity contribution in [1.82, 2.24) is 14.7 Å². The summed E-state index contributed by atoms with van der Waals surface area (Å²) < 4.78 is 1.87. The van der Waals surface area contributed by atoms with Crippen molar-refractivity contribution >= 4 is 11.7 Å². The molecule has 0 saturated heterocycles. The monoisotopic (exact) mass is 334 g/mol. The van der Waals surface area contributed by atoms with Gasteiger partial charge in [-0.05, 0) is 43.7 Å². The number of nitrogens with zero attached hydrogens (tertiary/aromatic N) is 3. The van der Waals surface area contributed by atoms with Crippen LogP contribution in [0, 0.1) is 13.8 Å². The average molecular weight is 334 g/mol. The summed E-state index contributed by atoms with van der Waals surface area (Å²) in [5, 5.41) is 7.43. The van der Waals surface area contributed by atoms with E-state index in [9.17, 15) is 4.79 Å². The molecule has 25 heavy (non-hydrogen) atoms. The lowest BCUT2D eigenvalue weighted by Gasteiger charge is -2.18. The van der Waals surface area contributed by atoms with Gasteiger partial charge in [-0.15, -0.1) is 0 Å². The third kappa shape index (κ3) is 4.07. The molecule has 0 spiro atoms. The topological polar surface area (TPSA) is 50.2 Å². The summed E-state index contributed by atoms with van der Waals surface area (Å²) in [6.07, 6.45) is 0. The third-order valence-electron chi connectivity index (χ3n) is 3.96. The van der Waals surface area contributed by atoms with E-state index in [1.165, 1.54) is 0 Å². The number of anilines is 1. The molecule has 3 rings (SSSR count). The highest BCUT2D eigenvalue weighted by molar-refractivity contribution is 5.89. The van der Waals surface area contributed by atoms with Crippen LogP contribution in [0.4, 0.5) is 10.5 Å². The number of carbonyl (C=O) groups excluding carboxylic acids is 1. The van der Waals surface area contributed by atoms with Crippen LogP contribution < -0.4 is 5.32 Å². The Kier molecular flexibility index (Phi) is 4.84. The summed E-state index contributed by atoms with van der Waals surface area (Å²) in [6.45, 7) is 4.54. The van der Waals surface area contributed by atoms with Crippen LogP contribution >= 0.6 is 0 Å². The quantitative estimate of drug-likeness (QED) is 0.779. The normalized spacial score (nSPS) is 10.5. The Balaban J connectivity index is 1.71. The molecular formula is C20H22N4O. The van der Waals surface area contributed by atoms with Gasteiger partial charge >= 0.3 is 6.03 Å². The number of amides is 2. The maximum Gasteiger partial charge on any atom is 0.321 e. The van der Waals surface area contributed by atoms with Crippen LogP contribution in [-0.4, -0.2) is 27.8 Å². The molecular weight excluding hydrogens is 312 g/mol. The summed E-state index contributed by atoms with van der Waals surface area (Å²) in [5.41, 5.74) is 4.79. The summed E-state index contributed by atoms with van der Waals surface area (Å²) in [7, 11) is 1.78. The van der Waals surface area contributed by atoms with E-state index in [4.69, 9.17) is 0 Å². The molecule has 0 bridgehead atoms. The summed E-state index contributed by atoms with van der Waals surface area (Å²) in [6, 6.07) is 19.5. The predicted octanol–water partition coefficient (Wildman–Crippen LogP) is 4.15. The van der Waals surface area contributed by atoms with Gasteiger partial charge in [-0.3, -0.25) is 0 Å². The molecule has 0 saturated carbocycles. The molecule has 0 unspecified atom stereocenters. The van der Waals surface area contributed by atoms with Gasteiger partial charge in [-0.1, -0.05) is 36.4 Å². The standard InChI is InChI=1S/C20H22N4O/c1-15-12-16(2)24(22-15)19-11-7-10-18(13-19)21-20(25)23(3)14-17-8-5-4-6-9-17/h4-13H,14H2,1-3H3,(H,21,25). The molecule has 0 fully saturated rings. The zero-order chi connectivity index (χ0) is 17.8. The molecule has 0 aliphatic rings. The fraction of sp³-hybridized carbons (Fsp3) is 0.200. The number of rotatable bonds is 4. The second-order valence-corrected chi connectivity index (χ2v) is 6.16. The van der Waals surface area contributed by atoms with E-state index in [0.717, 1.165) is 28.3 Å². The first-order chi connectivity index (χ1) is 12.0. The van der Waals surface area contributed by atoms with Crippen LogP contribution in [0.3, 0.4) is 0 Å². The maximum atomic E-state index is 12.4. The number of benzene rings is 2. The van der Waals surface area contributed by atoms with Gasteiger partial charge in [0.25, 0.3) is 0 Å². The van der Waals surface area contributed by atoms with E-state index < -0.39 is 0 Å². The number of hydrogen-bond donors (Lipinski definition) is 1. The van der Waals surface area contributed by atoms with E-state index in [1.807, 2.05) is 79.2 Å².